The van der Waals surface area contributed by atoms with Crippen molar-refractivity contribution in [3.05, 3.63) is 12.2 Å². The van der Waals surface area contributed by atoms with Crippen LogP contribution in [0.4, 0.5) is 0 Å². The summed E-state index contributed by atoms with van der Waals surface area (Å²) in [5.41, 5.74) is 0. The average molecular weight is 144 g/mol. The van der Waals surface area contributed by atoms with Gasteiger partial charge in [0, 0.05) is 0 Å². The second-order valence-corrected chi connectivity index (χ2v) is 3.26. The van der Waals surface area contributed by atoms with E-state index in [1.54, 1.807) is 0 Å². The first kappa shape index (κ1) is 6.43. The molecule has 0 spiro atoms. The zero-order chi connectivity index (χ0) is 7.84. The van der Waals surface area contributed by atoms with Gasteiger partial charge in [-0.15, -0.1) is 0 Å². The summed E-state index contributed by atoms with van der Waals surface area (Å²) in [6.07, 6.45) is 5.20. The molecule has 2 bridgehead atoms. The Labute approximate surface area is 65.7 Å². The Balaban J connectivity index is 2.32. The van der Waals surface area contributed by atoms with Gasteiger partial charge in [0.1, 0.15) is 0 Å². The van der Waals surface area contributed by atoms with E-state index in [-0.39, 0.29) is 11.8 Å². The molecule has 0 radical (unpaired) electrons. The Hall–Kier alpha value is -1.28. The Morgan fingerprint density at radius 3 is 1.82 bits per heavy atom. The quantitative estimate of drug-likeness (QED) is 0.483. The fourth-order valence-corrected chi connectivity index (χ4v) is 2.17. The van der Waals surface area contributed by atoms with Crippen LogP contribution >= 0.6 is 0 Å². The zero-order valence-electron chi connectivity index (χ0n) is 6.07. The van der Waals surface area contributed by atoms with Crippen molar-refractivity contribution >= 4 is 0 Å². The molecule has 2 aliphatic carbocycles. The van der Waals surface area contributed by atoms with Crippen molar-refractivity contribution in [1.29, 1.82) is 10.5 Å². The summed E-state index contributed by atoms with van der Waals surface area (Å²) in [5, 5.41) is 17.5. The largest absolute Gasteiger partial charge is 0.198 e. The third-order valence-electron chi connectivity index (χ3n) is 2.76. The van der Waals surface area contributed by atoms with Gasteiger partial charge in [-0.2, -0.15) is 10.5 Å². The Kier molecular flexibility index (Phi) is 1.23. The molecular formula is C9H8N2. The van der Waals surface area contributed by atoms with E-state index in [0.29, 0.717) is 11.8 Å². The van der Waals surface area contributed by atoms with E-state index < -0.39 is 0 Å². The van der Waals surface area contributed by atoms with Crippen LogP contribution in [0, 0.1) is 46.3 Å². The van der Waals surface area contributed by atoms with Crippen molar-refractivity contribution in [2.24, 2.45) is 23.7 Å². The lowest BCUT2D eigenvalue weighted by Gasteiger charge is -2.14. The first-order chi connectivity index (χ1) is 5.36. The molecule has 4 unspecified atom stereocenters. The molecule has 0 saturated heterocycles. The van der Waals surface area contributed by atoms with Crippen LogP contribution in [0.25, 0.3) is 0 Å². The molecule has 1 fully saturated rings. The summed E-state index contributed by atoms with van der Waals surface area (Å²) in [7, 11) is 0. The monoisotopic (exact) mass is 144 g/mol. The molecule has 0 aliphatic heterocycles. The fraction of sp³-hybridized carbons (Fsp3) is 0.556. The van der Waals surface area contributed by atoms with Crippen LogP contribution in [-0.4, -0.2) is 0 Å². The van der Waals surface area contributed by atoms with Crippen LogP contribution in [0.5, 0.6) is 0 Å². The predicted molar refractivity (Wildman–Crippen MR) is 38.9 cm³/mol. The minimum atomic E-state index is -0.0324. The lowest BCUT2D eigenvalue weighted by atomic mass is 9.85. The van der Waals surface area contributed by atoms with Gasteiger partial charge in [-0.25, -0.2) is 0 Å². The molecule has 2 heteroatoms. The fourth-order valence-electron chi connectivity index (χ4n) is 2.17. The molecule has 2 rings (SSSR count). The molecule has 2 aliphatic rings. The lowest BCUT2D eigenvalue weighted by molar-refractivity contribution is 0.468. The number of allylic oxidation sites excluding steroid dienone is 2. The van der Waals surface area contributed by atoms with Gasteiger partial charge in [0.05, 0.1) is 24.0 Å². The molecule has 1 saturated carbocycles. The van der Waals surface area contributed by atoms with E-state index in [4.69, 9.17) is 10.5 Å². The molecule has 0 heterocycles. The standard InChI is InChI=1S/C9H8N2/c10-4-8-6-1-2-7(3-6)9(8)5-11/h1-2,6-9H,3H2. The van der Waals surface area contributed by atoms with Crippen LogP contribution in [0.1, 0.15) is 6.42 Å². The van der Waals surface area contributed by atoms with Gasteiger partial charge in [-0.3, -0.25) is 0 Å². The summed E-state index contributed by atoms with van der Waals surface area (Å²) in [5.74, 6) is 0.675. The molecule has 54 valence electrons. The maximum Gasteiger partial charge on any atom is 0.0690 e. The van der Waals surface area contributed by atoms with Crippen LogP contribution in [-0.2, 0) is 0 Å². The Bertz CT molecular complexity index is 251. The summed E-state index contributed by atoms with van der Waals surface area (Å²) >= 11 is 0. The number of hydrogen-bond donors (Lipinski definition) is 0. The molecule has 0 aromatic rings. The van der Waals surface area contributed by atoms with Crippen LogP contribution in [0.2, 0.25) is 0 Å². The zero-order valence-corrected chi connectivity index (χ0v) is 6.07. The van der Waals surface area contributed by atoms with E-state index >= 15 is 0 Å². The van der Waals surface area contributed by atoms with E-state index in [1.165, 1.54) is 0 Å². The summed E-state index contributed by atoms with van der Waals surface area (Å²) in [6.45, 7) is 0. The first-order valence-corrected chi connectivity index (χ1v) is 3.84. The average Bonchev–Trinajstić information content (AvgIpc) is 2.60. The minimum Gasteiger partial charge on any atom is -0.198 e. The van der Waals surface area contributed by atoms with Crippen molar-refractivity contribution in [3.8, 4) is 12.1 Å². The molecule has 0 aromatic carbocycles. The Morgan fingerprint density at radius 2 is 1.45 bits per heavy atom. The van der Waals surface area contributed by atoms with Crippen molar-refractivity contribution in [2.75, 3.05) is 0 Å². The van der Waals surface area contributed by atoms with Crippen LogP contribution in [0.15, 0.2) is 12.2 Å². The highest BCUT2D eigenvalue weighted by Gasteiger charge is 2.44. The summed E-state index contributed by atoms with van der Waals surface area (Å²) in [4.78, 5) is 0. The van der Waals surface area contributed by atoms with Gasteiger partial charge in [0.2, 0.25) is 0 Å². The third kappa shape index (κ3) is 0.700. The second kappa shape index (κ2) is 2.10. The molecular weight excluding hydrogens is 136 g/mol. The smallest absolute Gasteiger partial charge is 0.0690 e. The molecule has 0 amide bonds. The molecule has 0 aromatic heterocycles. The van der Waals surface area contributed by atoms with Crippen molar-refractivity contribution in [1.82, 2.24) is 0 Å². The number of hydrogen-bond acceptors (Lipinski definition) is 2. The topological polar surface area (TPSA) is 47.6 Å². The lowest BCUT2D eigenvalue weighted by Crippen LogP contribution is -2.15. The molecule has 11 heavy (non-hydrogen) atoms. The third-order valence-corrected chi connectivity index (χ3v) is 2.76. The normalized spacial score (nSPS) is 45.3. The summed E-state index contributed by atoms with van der Waals surface area (Å²) in [6, 6.07) is 4.45. The maximum absolute atomic E-state index is 8.75. The Morgan fingerprint density at radius 1 is 1.00 bits per heavy atom. The highest BCUT2D eigenvalue weighted by atomic mass is 14.5. The molecule has 2 nitrogen and oxygen atoms in total. The highest BCUT2D eigenvalue weighted by molar-refractivity contribution is 5.22. The summed E-state index contributed by atoms with van der Waals surface area (Å²) < 4.78 is 0. The van der Waals surface area contributed by atoms with Crippen LogP contribution < -0.4 is 0 Å². The second-order valence-electron chi connectivity index (χ2n) is 3.26. The molecule has 4 atom stereocenters. The van der Waals surface area contributed by atoms with Gasteiger partial charge < -0.3 is 0 Å². The number of fused-ring (bicyclic) bond motifs is 2. The van der Waals surface area contributed by atoms with Crippen LogP contribution in [0.3, 0.4) is 0 Å². The highest BCUT2D eigenvalue weighted by Crippen LogP contribution is 2.47. The van der Waals surface area contributed by atoms with Gasteiger partial charge in [0.15, 0.2) is 0 Å². The SMILES string of the molecule is N#CC1C2C=CC(C2)C1C#N. The van der Waals surface area contributed by atoms with E-state index in [9.17, 15) is 0 Å². The van der Waals surface area contributed by atoms with E-state index in [1.807, 2.05) is 0 Å². The van der Waals surface area contributed by atoms with Gasteiger partial charge in [-0.05, 0) is 18.3 Å². The van der Waals surface area contributed by atoms with Crippen molar-refractivity contribution < 1.29 is 0 Å². The number of nitriles is 2. The first-order valence-electron chi connectivity index (χ1n) is 3.84. The van der Waals surface area contributed by atoms with E-state index in [0.717, 1.165) is 6.42 Å². The minimum absolute atomic E-state index is 0.0324. The van der Waals surface area contributed by atoms with Crippen molar-refractivity contribution in [3.63, 3.8) is 0 Å². The number of rotatable bonds is 0. The van der Waals surface area contributed by atoms with Crippen molar-refractivity contribution in [2.45, 2.75) is 6.42 Å². The maximum atomic E-state index is 8.75. The van der Waals surface area contributed by atoms with Gasteiger partial charge in [-0.1, -0.05) is 12.2 Å². The van der Waals surface area contributed by atoms with E-state index in [2.05, 4.69) is 24.3 Å². The predicted octanol–water partition coefficient (Wildman–Crippen LogP) is 1.47. The van der Waals surface area contributed by atoms with Gasteiger partial charge >= 0.3 is 0 Å². The van der Waals surface area contributed by atoms with Gasteiger partial charge in [0.25, 0.3) is 0 Å². The number of nitrogens with zero attached hydrogens (tertiary/aromatic N) is 2. The molecule has 0 N–H and O–H groups in total.